The molecule has 0 nitrogen and oxygen atoms in total. The Labute approximate surface area is 40.7 Å². The van der Waals surface area contributed by atoms with Crippen LogP contribution in [0.4, 0.5) is 0 Å². The molecule has 0 aliphatic heterocycles. The van der Waals surface area contributed by atoms with Gasteiger partial charge in [-0.15, -0.1) is 5.47 Å². The maximum atomic E-state index is 5.26. The second-order valence-corrected chi connectivity index (χ2v) is 1.36. The quantitative estimate of drug-likeness (QED) is 0.418. The highest BCUT2D eigenvalue weighted by molar-refractivity contribution is 6.21. The molecule has 0 heterocycles. The Kier molecular flexibility index (Phi) is 2.92. The molecule has 32 valence electrons. The minimum atomic E-state index is 0.914. The van der Waals surface area contributed by atoms with E-state index in [-0.39, 0.29) is 0 Å². The molecule has 0 aliphatic carbocycles. The minimum absolute atomic E-state index is 0.914. The van der Waals surface area contributed by atoms with Gasteiger partial charge in [0.1, 0.15) is 7.85 Å². The summed E-state index contributed by atoms with van der Waals surface area (Å²) >= 11 is 0. The van der Waals surface area contributed by atoms with Crippen LogP contribution in [0, 0.1) is 0 Å². The molecule has 0 spiro atoms. The molecule has 0 saturated carbocycles. The molecule has 0 aromatic carbocycles. The third-order valence-corrected chi connectivity index (χ3v) is 0.526. The lowest BCUT2D eigenvalue weighted by Crippen LogP contribution is -1.66. The number of hydrogen-bond acceptors (Lipinski definition) is 0. The van der Waals surface area contributed by atoms with Crippen LogP contribution in [-0.4, -0.2) is 7.85 Å². The fourth-order valence-electron chi connectivity index (χ4n) is 0.322. The Balaban J connectivity index is 3.14. The van der Waals surface area contributed by atoms with Gasteiger partial charge in [0, 0.05) is 0 Å². The molecule has 0 fully saturated rings. The van der Waals surface area contributed by atoms with Crippen molar-refractivity contribution in [2.24, 2.45) is 0 Å². The van der Waals surface area contributed by atoms with Gasteiger partial charge in [-0.1, -0.05) is 19.9 Å². The van der Waals surface area contributed by atoms with Gasteiger partial charge in [-0.25, -0.2) is 0 Å². The summed E-state index contributed by atoms with van der Waals surface area (Å²) in [5.74, 6) is 0. The largest absolute Gasteiger partial charge is 0.125 e. The molecule has 0 aromatic heterocycles. The Morgan fingerprint density at radius 2 is 2.33 bits per heavy atom. The third kappa shape index (κ3) is 3.80. The number of allylic oxidation sites excluding steroid dienone is 2. The fraction of sp³-hybridized carbons (Fsp3) is 0.600. The Bertz CT molecular complexity index is 51.0. The van der Waals surface area contributed by atoms with Crippen LogP contribution in [-0.2, 0) is 0 Å². The van der Waals surface area contributed by atoms with E-state index in [1.807, 2.05) is 13.0 Å². The lowest BCUT2D eigenvalue weighted by atomic mass is 9.97. The Hall–Kier alpha value is -0.195. The highest BCUT2D eigenvalue weighted by atomic mass is 13.7. The molecule has 0 unspecified atom stereocenters. The van der Waals surface area contributed by atoms with Crippen LogP contribution in [0.2, 0.25) is 0 Å². The van der Waals surface area contributed by atoms with Gasteiger partial charge in [0.2, 0.25) is 0 Å². The topological polar surface area (TPSA) is 0 Å². The summed E-state index contributed by atoms with van der Waals surface area (Å²) in [6.07, 6.45) is 3.03. The molecule has 0 saturated heterocycles. The molecule has 0 aliphatic rings. The van der Waals surface area contributed by atoms with Crippen molar-refractivity contribution < 1.29 is 0 Å². The fourth-order valence-corrected chi connectivity index (χ4v) is 0.322. The summed E-state index contributed by atoms with van der Waals surface area (Å²) in [6.45, 7) is 3.96. The lowest BCUT2D eigenvalue weighted by molar-refractivity contribution is 1.21. The summed E-state index contributed by atoms with van der Waals surface area (Å²) in [5.41, 5.74) is 0.914. The van der Waals surface area contributed by atoms with Gasteiger partial charge in [-0.05, 0) is 6.42 Å². The molecule has 0 rings (SSSR count). The first kappa shape index (κ1) is 5.80. The van der Waals surface area contributed by atoms with E-state index in [0.29, 0.717) is 0 Å². The zero-order chi connectivity index (χ0) is 4.99. The van der Waals surface area contributed by atoms with Crippen LogP contribution in [0.3, 0.4) is 0 Å². The van der Waals surface area contributed by atoms with Crippen molar-refractivity contribution >= 4 is 7.85 Å². The van der Waals surface area contributed by atoms with Crippen molar-refractivity contribution in [1.29, 1.82) is 0 Å². The smallest absolute Gasteiger partial charge is 0.106 e. The summed E-state index contributed by atoms with van der Waals surface area (Å²) in [6, 6.07) is 0. The lowest BCUT2D eigenvalue weighted by Gasteiger charge is -1.80. The van der Waals surface area contributed by atoms with E-state index in [2.05, 4.69) is 6.92 Å². The highest BCUT2D eigenvalue weighted by Gasteiger charge is 1.67. The molecule has 0 bridgehead atoms. The van der Waals surface area contributed by atoms with Crippen molar-refractivity contribution in [3.05, 3.63) is 11.5 Å². The second-order valence-electron chi connectivity index (χ2n) is 1.36. The maximum absolute atomic E-state index is 5.26. The normalized spacial score (nSPS) is 12.0. The molecule has 0 atom stereocenters. The van der Waals surface area contributed by atoms with E-state index < -0.39 is 0 Å². The Morgan fingerprint density at radius 3 is 2.33 bits per heavy atom. The third-order valence-electron chi connectivity index (χ3n) is 0.526. The molecule has 1 heteroatoms. The van der Waals surface area contributed by atoms with E-state index in [0.717, 1.165) is 11.9 Å². The van der Waals surface area contributed by atoms with Crippen LogP contribution in [0.25, 0.3) is 0 Å². The molecule has 6 heavy (non-hydrogen) atoms. The van der Waals surface area contributed by atoms with Crippen LogP contribution >= 0.6 is 0 Å². The van der Waals surface area contributed by atoms with Gasteiger partial charge < -0.3 is 0 Å². The van der Waals surface area contributed by atoms with Gasteiger partial charge >= 0.3 is 0 Å². The first-order chi connectivity index (χ1) is 2.77. The summed E-state index contributed by atoms with van der Waals surface area (Å²) in [5, 5.41) is 0. The van der Waals surface area contributed by atoms with E-state index in [4.69, 9.17) is 7.85 Å². The number of rotatable bonds is 1. The Morgan fingerprint density at radius 1 is 1.83 bits per heavy atom. The first-order valence-electron chi connectivity index (χ1n) is 2.19. The predicted molar refractivity (Wildman–Crippen MR) is 29.8 cm³/mol. The molecule has 2 radical (unpaired) electrons. The minimum Gasteiger partial charge on any atom is -0.125 e. The zero-order valence-corrected chi connectivity index (χ0v) is 4.36. The standard InChI is InChI=1S/C5H9B/c1-3-4-5(2)6/h4H,3H2,1-2H3. The molecule has 0 N–H and O–H groups in total. The van der Waals surface area contributed by atoms with Crippen LogP contribution in [0.5, 0.6) is 0 Å². The van der Waals surface area contributed by atoms with E-state index in [1.165, 1.54) is 0 Å². The number of hydrogen-bond donors (Lipinski definition) is 0. The second kappa shape index (κ2) is 3.01. The van der Waals surface area contributed by atoms with Crippen LogP contribution in [0.1, 0.15) is 20.3 Å². The van der Waals surface area contributed by atoms with Crippen molar-refractivity contribution in [3.8, 4) is 0 Å². The predicted octanol–water partition coefficient (Wildman–Crippen LogP) is 1.47. The molecular weight excluding hydrogens is 70.9 g/mol. The van der Waals surface area contributed by atoms with Crippen LogP contribution < -0.4 is 0 Å². The summed E-state index contributed by atoms with van der Waals surface area (Å²) < 4.78 is 0. The molecule has 0 amide bonds. The average molecular weight is 79.9 g/mol. The van der Waals surface area contributed by atoms with Crippen molar-refractivity contribution in [2.75, 3.05) is 0 Å². The average Bonchev–Trinajstić information content (AvgIpc) is 1.35. The monoisotopic (exact) mass is 80.1 g/mol. The van der Waals surface area contributed by atoms with Gasteiger partial charge in [-0.3, -0.25) is 0 Å². The first-order valence-corrected chi connectivity index (χ1v) is 2.19. The summed E-state index contributed by atoms with van der Waals surface area (Å²) in [7, 11) is 5.26. The van der Waals surface area contributed by atoms with Crippen molar-refractivity contribution in [2.45, 2.75) is 20.3 Å². The van der Waals surface area contributed by atoms with Gasteiger partial charge in [-0.2, -0.15) is 0 Å². The van der Waals surface area contributed by atoms with Gasteiger partial charge in [0.15, 0.2) is 0 Å². The van der Waals surface area contributed by atoms with Crippen molar-refractivity contribution in [3.63, 3.8) is 0 Å². The molecular formula is C5H9B. The van der Waals surface area contributed by atoms with E-state index in [1.54, 1.807) is 0 Å². The van der Waals surface area contributed by atoms with Crippen LogP contribution in [0.15, 0.2) is 11.5 Å². The SMILES string of the molecule is [B]C(C)=CCC. The maximum Gasteiger partial charge on any atom is 0.106 e. The summed E-state index contributed by atoms with van der Waals surface area (Å²) in [4.78, 5) is 0. The van der Waals surface area contributed by atoms with E-state index in [9.17, 15) is 0 Å². The highest BCUT2D eigenvalue weighted by Crippen LogP contribution is 1.84. The zero-order valence-electron chi connectivity index (χ0n) is 4.36. The van der Waals surface area contributed by atoms with Gasteiger partial charge in [0.25, 0.3) is 0 Å². The van der Waals surface area contributed by atoms with E-state index >= 15 is 0 Å². The molecule has 0 aromatic rings. The van der Waals surface area contributed by atoms with Crippen molar-refractivity contribution in [1.82, 2.24) is 0 Å². The van der Waals surface area contributed by atoms with Gasteiger partial charge in [0.05, 0.1) is 0 Å².